The molecule has 0 bridgehead atoms. The molecule has 0 atom stereocenters. The van der Waals surface area contributed by atoms with E-state index in [1.54, 1.807) is 7.11 Å². The number of nitrogens with zero attached hydrogens (tertiary/aromatic N) is 2. The second-order valence-electron chi connectivity index (χ2n) is 11.3. The van der Waals surface area contributed by atoms with Crippen molar-refractivity contribution >= 4 is 45.5 Å². The number of benzene rings is 4. The van der Waals surface area contributed by atoms with Gasteiger partial charge in [0.05, 0.1) is 24.0 Å². The second-order valence-corrected chi connectivity index (χ2v) is 11.3. The van der Waals surface area contributed by atoms with Gasteiger partial charge in [-0.25, -0.2) is 4.79 Å². The van der Waals surface area contributed by atoms with Crippen LogP contribution in [0, 0.1) is 0 Å². The highest BCUT2D eigenvalue weighted by molar-refractivity contribution is 6.07. The normalized spacial score (nSPS) is 15.7. The molecule has 1 heterocycles. The van der Waals surface area contributed by atoms with Crippen molar-refractivity contribution in [2.24, 2.45) is 0 Å². The Morgan fingerprint density at radius 2 is 1.44 bits per heavy atom. The number of methoxy groups -OCH3 is 1. The summed E-state index contributed by atoms with van der Waals surface area (Å²) in [5.41, 5.74) is 3.85. The van der Waals surface area contributed by atoms with Gasteiger partial charge in [0.1, 0.15) is 5.75 Å². The minimum Gasteiger partial charge on any atom is -0.495 e. The molecule has 4 aromatic rings. The molecule has 222 valence electrons. The number of anilines is 4. The fourth-order valence-corrected chi connectivity index (χ4v) is 6.28. The number of hydrogen-bond acceptors (Lipinski definition) is 5. The predicted octanol–water partition coefficient (Wildman–Crippen LogP) is 6.88. The summed E-state index contributed by atoms with van der Waals surface area (Å²) in [6.45, 7) is 3.13. The smallest absolute Gasteiger partial charge is 0.323 e. The van der Waals surface area contributed by atoms with Crippen molar-refractivity contribution in [1.29, 1.82) is 0 Å². The first-order valence-electron chi connectivity index (χ1n) is 15.2. The molecule has 2 aliphatic rings. The lowest BCUT2D eigenvalue weighted by molar-refractivity contribution is 0.0928. The molecule has 0 spiro atoms. The van der Waals surface area contributed by atoms with E-state index in [1.165, 1.54) is 6.42 Å². The van der Waals surface area contributed by atoms with Crippen LogP contribution in [0.2, 0.25) is 0 Å². The van der Waals surface area contributed by atoms with E-state index in [0.29, 0.717) is 11.3 Å². The largest absolute Gasteiger partial charge is 0.495 e. The summed E-state index contributed by atoms with van der Waals surface area (Å²) in [4.78, 5) is 31.4. The van der Waals surface area contributed by atoms with Gasteiger partial charge in [-0.3, -0.25) is 4.79 Å². The Hall–Kier alpha value is -4.72. The van der Waals surface area contributed by atoms with E-state index in [-0.39, 0.29) is 18.0 Å². The molecular weight excluding hydrogens is 538 g/mol. The molecule has 6 rings (SSSR count). The topological polar surface area (TPSA) is 85.9 Å². The Kier molecular flexibility index (Phi) is 8.63. The van der Waals surface area contributed by atoms with E-state index in [4.69, 9.17) is 4.74 Å². The summed E-state index contributed by atoms with van der Waals surface area (Å²) in [6, 6.07) is 27.3. The lowest BCUT2D eigenvalue weighted by atomic mass is 9.95. The molecule has 0 radical (unpaired) electrons. The molecule has 0 unspecified atom stereocenters. The molecule has 43 heavy (non-hydrogen) atoms. The standard InChI is InChI=1S/C35H39N5O3/c1-43-33-17-8-7-16-32(33)40-22-20-39(21-23-40)31-19-18-27(24-29(31)34(41)36-26-12-3-2-4-13-26)37-35(42)38-30-15-9-11-25-10-5-6-14-28(25)30/h5-11,14-19,24,26H,2-4,12-13,20-23H2,1H3,(H,36,41)(H2,37,38,42). The molecule has 2 fully saturated rings. The van der Waals surface area contributed by atoms with E-state index in [9.17, 15) is 9.59 Å². The number of fused-ring (bicyclic) bond motifs is 1. The van der Waals surface area contributed by atoms with Crippen molar-refractivity contribution < 1.29 is 14.3 Å². The Balaban J connectivity index is 1.21. The summed E-state index contributed by atoms with van der Waals surface area (Å²) in [5.74, 6) is 0.771. The summed E-state index contributed by atoms with van der Waals surface area (Å²) < 4.78 is 5.59. The van der Waals surface area contributed by atoms with Gasteiger partial charge >= 0.3 is 6.03 Å². The average molecular weight is 578 g/mol. The second kappa shape index (κ2) is 13.1. The fourth-order valence-electron chi connectivity index (χ4n) is 6.28. The third-order valence-electron chi connectivity index (χ3n) is 8.52. The Morgan fingerprint density at radius 3 is 2.23 bits per heavy atom. The zero-order chi connectivity index (χ0) is 29.6. The SMILES string of the molecule is COc1ccccc1N1CCN(c2ccc(NC(=O)Nc3cccc4ccccc34)cc2C(=O)NC2CCCCC2)CC1. The van der Waals surface area contributed by atoms with Crippen molar-refractivity contribution in [3.63, 3.8) is 0 Å². The van der Waals surface area contributed by atoms with E-state index >= 15 is 0 Å². The molecule has 1 aliphatic heterocycles. The highest BCUT2D eigenvalue weighted by atomic mass is 16.5. The van der Waals surface area contributed by atoms with Crippen molar-refractivity contribution in [1.82, 2.24) is 5.32 Å². The monoisotopic (exact) mass is 577 g/mol. The number of carbonyl (C=O) groups is 2. The van der Waals surface area contributed by atoms with Gasteiger partial charge in [0, 0.05) is 49.0 Å². The summed E-state index contributed by atoms with van der Waals surface area (Å²) in [5, 5.41) is 11.2. The average Bonchev–Trinajstić information content (AvgIpc) is 3.05. The number of nitrogens with one attached hydrogen (secondary N) is 3. The molecule has 4 aromatic carbocycles. The first kappa shape index (κ1) is 28.4. The van der Waals surface area contributed by atoms with Crippen LogP contribution in [0.15, 0.2) is 84.9 Å². The van der Waals surface area contributed by atoms with Gasteiger partial charge in [0.2, 0.25) is 0 Å². The van der Waals surface area contributed by atoms with Gasteiger partial charge in [-0.2, -0.15) is 0 Å². The summed E-state index contributed by atoms with van der Waals surface area (Å²) in [6.07, 6.45) is 5.50. The number of para-hydroxylation sites is 2. The highest BCUT2D eigenvalue weighted by Gasteiger charge is 2.25. The third kappa shape index (κ3) is 6.53. The van der Waals surface area contributed by atoms with E-state index in [2.05, 4.69) is 31.8 Å². The number of rotatable bonds is 7. The van der Waals surface area contributed by atoms with Gasteiger partial charge in [0.15, 0.2) is 0 Å². The molecule has 3 amide bonds. The molecule has 8 nitrogen and oxygen atoms in total. The van der Waals surface area contributed by atoms with Crippen LogP contribution in [0.25, 0.3) is 10.8 Å². The zero-order valence-corrected chi connectivity index (χ0v) is 24.6. The van der Waals surface area contributed by atoms with E-state index in [1.807, 2.05) is 78.9 Å². The molecule has 0 aromatic heterocycles. The molecule has 8 heteroatoms. The van der Waals surface area contributed by atoms with Gasteiger partial charge in [-0.15, -0.1) is 0 Å². The van der Waals surface area contributed by atoms with Crippen LogP contribution >= 0.6 is 0 Å². The molecule has 1 aliphatic carbocycles. The van der Waals surface area contributed by atoms with Crippen LogP contribution < -0.4 is 30.5 Å². The first-order chi connectivity index (χ1) is 21.1. The maximum absolute atomic E-state index is 13.7. The molecule has 3 N–H and O–H groups in total. The number of ether oxygens (including phenoxy) is 1. The summed E-state index contributed by atoms with van der Waals surface area (Å²) in [7, 11) is 1.70. The number of urea groups is 1. The van der Waals surface area contributed by atoms with Crippen molar-refractivity contribution in [3.05, 3.63) is 90.5 Å². The minimum absolute atomic E-state index is 0.0906. The Bertz CT molecular complexity index is 1590. The Labute approximate surface area is 253 Å². The predicted molar refractivity (Wildman–Crippen MR) is 175 cm³/mol. The van der Waals surface area contributed by atoms with Crippen molar-refractivity contribution in [2.75, 3.05) is 53.7 Å². The van der Waals surface area contributed by atoms with Gasteiger partial charge < -0.3 is 30.5 Å². The molecular formula is C35H39N5O3. The van der Waals surface area contributed by atoms with E-state index < -0.39 is 0 Å². The maximum atomic E-state index is 13.7. The minimum atomic E-state index is -0.354. The van der Waals surface area contributed by atoms with E-state index in [0.717, 1.165) is 85.4 Å². The van der Waals surface area contributed by atoms with Crippen molar-refractivity contribution in [3.8, 4) is 5.75 Å². The van der Waals surface area contributed by atoms with Crippen molar-refractivity contribution in [2.45, 2.75) is 38.1 Å². The van der Waals surface area contributed by atoms with Crippen LogP contribution in [0.5, 0.6) is 5.75 Å². The highest BCUT2D eigenvalue weighted by Crippen LogP contribution is 2.31. The lowest BCUT2D eigenvalue weighted by Gasteiger charge is -2.38. The number of amides is 3. The lowest BCUT2D eigenvalue weighted by Crippen LogP contribution is -2.47. The Morgan fingerprint density at radius 1 is 0.744 bits per heavy atom. The first-order valence-corrected chi connectivity index (χ1v) is 15.2. The van der Waals surface area contributed by atoms with Gasteiger partial charge in [-0.05, 0) is 54.6 Å². The van der Waals surface area contributed by atoms with Crippen LogP contribution in [-0.4, -0.2) is 51.3 Å². The number of hydrogen-bond donors (Lipinski definition) is 3. The molecule has 1 saturated carbocycles. The number of carbonyl (C=O) groups excluding carboxylic acids is 2. The molecule has 1 saturated heterocycles. The maximum Gasteiger partial charge on any atom is 0.323 e. The van der Waals surface area contributed by atoms with Crippen LogP contribution in [-0.2, 0) is 0 Å². The third-order valence-corrected chi connectivity index (χ3v) is 8.52. The van der Waals surface area contributed by atoms with Gasteiger partial charge in [-0.1, -0.05) is 67.8 Å². The van der Waals surface area contributed by atoms with Crippen LogP contribution in [0.4, 0.5) is 27.5 Å². The van der Waals surface area contributed by atoms with Crippen LogP contribution in [0.3, 0.4) is 0 Å². The summed E-state index contributed by atoms with van der Waals surface area (Å²) >= 11 is 0. The number of piperazine rings is 1. The zero-order valence-electron chi connectivity index (χ0n) is 24.6. The van der Waals surface area contributed by atoms with Gasteiger partial charge in [0.25, 0.3) is 5.91 Å². The quantitative estimate of drug-likeness (QED) is 0.223. The van der Waals surface area contributed by atoms with Crippen LogP contribution in [0.1, 0.15) is 42.5 Å². The fraction of sp³-hybridized carbons (Fsp3) is 0.314.